The molecular weight excluding hydrogens is 416 g/mol. The van der Waals surface area contributed by atoms with Crippen molar-refractivity contribution in [3.63, 3.8) is 0 Å². The number of thiophene rings is 1. The number of nitrogens with one attached hydrogen (secondary N) is 1. The standard InChI is InChI=1S/C24H25ClN2O2S/c1-26-24(29)23-20(19-6-2-3-7-21(19)30-23)15-18-5-4-14-27(18)22(28)13-10-16-8-11-17(25)12-9-16/h2-3,6-9,11-12,18H,4-5,10,13-15H2,1H3,(H,26,29)/t18-/m1/s1. The van der Waals surface area contributed by atoms with Gasteiger partial charge in [0.2, 0.25) is 5.91 Å². The molecule has 2 heterocycles. The lowest BCUT2D eigenvalue weighted by Gasteiger charge is -2.25. The molecule has 156 valence electrons. The van der Waals surface area contributed by atoms with E-state index in [1.54, 1.807) is 7.05 Å². The molecule has 2 amide bonds. The van der Waals surface area contributed by atoms with E-state index >= 15 is 0 Å². The lowest BCUT2D eigenvalue weighted by Crippen LogP contribution is -2.37. The maximum absolute atomic E-state index is 13.0. The minimum absolute atomic E-state index is 0.0511. The molecule has 1 atom stereocenters. The maximum atomic E-state index is 13.0. The fourth-order valence-corrected chi connectivity index (χ4v) is 5.56. The molecule has 30 heavy (non-hydrogen) atoms. The number of carbonyl (C=O) groups excluding carboxylic acids is 2. The minimum Gasteiger partial charge on any atom is -0.354 e. The minimum atomic E-state index is -0.0511. The number of hydrogen-bond acceptors (Lipinski definition) is 3. The van der Waals surface area contributed by atoms with E-state index in [0.717, 1.165) is 51.9 Å². The summed E-state index contributed by atoms with van der Waals surface area (Å²) in [5, 5.41) is 4.60. The number of likely N-dealkylation sites (tertiary alicyclic amines) is 1. The summed E-state index contributed by atoms with van der Waals surface area (Å²) in [6, 6.07) is 16.0. The number of halogens is 1. The molecule has 0 unspecified atom stereocenters. The van der Waals surface area contributed by atoms with Gasteiger partial charge in [-0.25, -0.2) is 0 Å². The molecule has 4 rings (SSSR count). The van der Waals surface area contributed by atoms with Crippen LogP contribution < -0.4 is 5.32 Å². The molecule has 0 radical (unpaired) electrons. The molecule has 6 heteroatoms. The Morgan fingerprint density at radius 1 is 1.17 bits per heavy atom. The van der Waals surface area contributed by atoms with Crippen LogP contribution in [0.25, 0.3) is 10.1 Å². The fraction of sp³-hybridized carbons (Fsp3) is 0.333. The van der Waals surface area contributed by atoms with Gasteiger partial charge < -0.3 is 10.2 Å². The smallest absolute Gasteiger partial charge is 0.261 e. The lowest BCUT2D eigenvalue weighted by atomic mass is 10.00. The third kappa shape index (κ3) is 4.37. The zero-order valence-electron chi connectivity index (χ0n) is 17.0. The van der Waals surface area contributed by atoms with Gasteiger partial charge in [-0.3, -0.25) is 9.59 Å². The molecule has 0 spiro atoms. The zero-order valence-corrected chi connectivity index (χ0v) is 18.6. The number of carbonyl (C=O) groups is 2. The Morgan fingerprint density at radius 2 is 1.93 bits per heavy atom. The van der Waals surface area contributed by atoms with Gasteiger partial charge in [-0.05, 0) is 60.4 Å². The topological polar surface area (TPSA) is 49.4 Å². The van der Waals surface area contributed by atoms with Gasteiger partial charge in [-0.1, -0.05) is 41.9 Å². The second kappa shape index (κ2) is 9.19. The summed E-state index contributed by atoms with van der Waals surface area (Å²) in [6.07, 6.45) is 3.91. The third-order valence-electron chi connectivity index (χ3n) is 5.81. The van der Waals surface area contributed by atoms with Crippen LogP contribution in [0.1, 0.15) is 40.1 Å². The number of fused-ring (bicyclic) bond motifs is 1. The molecule has 1 N–H and O–H groups in total. The largest absolute Gasteiger partial charge is 0.354 e. The van der Waals surface area contributed by atoms with Gasteiger partial charge in [0, 0.05) is 35.8 Å². The van der Waals surface area contributed by atoms with E-state index < -0.39 is 0 Å². The predicted molar refractivity (Wildman–Crippen MR) is 123 cm³/mol. The number of benzene rings is 2. The highest BCUT2D eigenvalue weighted by Crippen LogP contribution is 2.34. The van der Waals surface area contributed by atoms with Crippen LogP contribution in [0, 0.1) is 0 Å². The number of rotatable bonds is 6. The summed E-state index contributed by atoms with van der Waals surface area (Å²) in [7, 11) is 1.67. The van der Waals surface area contributed by atoms with Crippen LogP contribution in [0.5, 0.6) is 0 Å². The quantitative estimate of drug-likeness (QED) is 0.581. The first-order chi connectivity index (χ1) is 14.6. The molecule has 1 aliphatic rings. The van der Waals surface area contributed by atoms with E-state index in [0.29, 0.717) is 17.9 Å². The molecule has 0 bridgehead atoms. The van der Waals surface area contributed by atoms with Gasteiger partial charge in [-0.15, -0.1) is 11.3 Å². The molecule has 4 nitrogen and oxygen atoms in total. The molecule has 1 fully saturated rings. The predicted octanol–water partition coefficient (Wildman–Crippen LogP) is 5.08. The van der Waals surface area contributed by atoms with Crippen LogP contribution in [0.3, 0.4) is 0 Å². The Morgan fingerprint density at radius 3 is 2.70 bits per heavy atom. The maximum Gasteiger partial charge on any atom is 0.261 e. The van der Waals surface area contributed by atoms with Crippen molar-refractivity contribution in [3.8, 4) is 0 Å². The van der Waals surface area contributed by atoms with E-state index in [2.05, 4.69) is 17.4 Å². The molecular formula is C24H25ClN2O2S. The molecule has 1 aliphatic heterocycles. The lowest BCUT2D eigenvalue weighted by molar-refractivity contribution is -0.131. The Bertz CT molecular complexity index is 1060. The molecule has 2 aromatic carbocycles. The summed E-state index contributed by atoms with van der Waals surface area (Å²) in [5.74, 6) is 0.137. The Kier molecular flexibility index (Phi) is 6.40. The first-order valence-electron chi connectivity index (χ1n) is 10.3. The average Bonchev–Trinajstić information content (AvgIpc) is 3.38. The Hall–Kier alpha value is -2.37. The van der Waals surface area contributed by atoms with Crippen molar-refractivity contribution in [2.75, 3.05) is 13.6 Å². The van der Waals surface area contributed by atoms with E-state index in [-0.39, 0.29) is 17.9 Å². The molecule has 1 aromatic heterocycles. The molecule has 3 aromatic rings. The van der Waals surface area contributed by atoms with E-state index in [1.165, 1.54) is 11.3 Å². The monoisotopic (exact) mass is 440 g/mol. The van der Waals surface area contributed by atoms with Crippen LogP contribution in [-0.4, -0.2) is 36.3 Å². The van der Waals surface area contributed by atoms with Crippen molar-refractivity contribution in [3.05, 3.63) is 69.6 Å². The van der Waals surface area contributed by atoms with Gasteiger partial charge >= 0.3 is 0 Å². The van der Waals surface area contributed by atoms with Gasteiger partial charge in [0.1, 0.15) is 0 Å². The summed E-state index contributed by atoms with van der Waals surface area (Å²) in [6.45, 7) is 0.793. The Labute approximate surface area is 185 Å². The van der Waals surface area contributed by atoms with Crippen molar-refractivity contribution < 1.29 is 9.59 Å². The van der Waals surface area contributed by atoms with Crippen molar-refractivity contribution in [1.82, 2.24) is 10.2 Å². The van der Waals surface area contributed by atoms with E-state index in [9.17, 15) is 9.59 Å². The van der Waals surface area contributed by atoms with Crippen LogP contribution in [-0.2, 0) is 17.6 Å². The van der Waals surface area contributed by atoms with Crippen molar-refractivity contribution >= 4 is 44.8 Å². The highest BCUT2D eigenvalue weighted by atomic mass is 35.5. The third-order valence-corrected chi connectivity index (χ3v) is 7.27. The van der Waals surface area contributed by atoms with Crippen LogP contribution in [0.2, 0.25) is 5.02 Å². The summed E-state index contributed by atoms with van der Waals surface area (Å²) in [4.78, 5) is 28.3. The van der Waals surface area contributed by atoms with Gasteiger partial charge in [0.25, 0.3) is 5.91 Å². The highest BCUT2D eigenvalue weighted by molar-refractivity contribution is 7.21. The first-order valence-corrected chi connectivity index (χ1v) is 11.5. The van der Waals surface area contributed by atoms with E-state index in [1.807, 2.05) is 41.3 Å². The second-order valence-corrected chi connectivity index (χ2v) is 9.19. The summed E-state index contributed by atoms with van der Waals surface area (Å²) < 4.78 is 1.12. The molecule has 0 aliphatic carbocycles. The molecule has 0 saturated carbocycles. The van der Waals surface area contributed by atoms with E-state index in [4.69, 9.17) is 11.6 Å². The number of aryl methyl sites for hydroxylation is 1. The summed E-state index contributed by atoms with van der Waals surface area (Å²) in [5.41, 5.74) is 2.19. The Balaban J connectivity index is 1.51. The second-order valence-electron chi connectivity index (χ2n) is 7.70. The van der Waals surface area contributed by atoms with Gasteiger partial charge in [-0.2, -0.15) is 0 Å². The zero-order chi connectivity index (χ0) is 21.1. The normalized spacial score (nSPS) is 16.2. The molecule has 1 saturated heterocycles. The van der Waals surface area contributed by atoms with Crippen LogP contribution in [0.4, 0.5) is 0 Å². The number of hydrogen-bond donors (Lipinski definition) is 1. The number of amides is 2. The van der Waals surface area contributed by atoms with Crippen molar-refractivity contribution in [2.24, 2.45) is 0 Å². The SMILES string of the molecule is CNC(=O)c1sc2ccccc2c1C[C@H]1CCCN1C(=O)CCc1ccc(Cl)cc1. The highest BCUT2D eigenvalue weighted by Gasteiger charge is 2.30. The van der Waals surface area contributed by atoms with Crippen LogP contribution >= 0.6 is 22.9 Å². The summed E-state index contributed by atoms with van der Waals surface area (Å²) >= 11 is 7.48. The van der Waals surface area contributed by atoms with Gasteiger partial charge in [0.15, 0.2) is 0 Å². The fourth-order valence-electron chi connectivity index (χ4n) is 4.26. The average molecular weight is 441 g/mol. The van der Waals surface area contributed by atoms with Crippen molar-refractivity contribution in [2.45, 2.75) is 38.1 Å². The van der Waals surface area contributed by atoms with Crippen molar-refractivity contribution in [1.29, 1.82) is 0 Å². The number of nitrogens with zero attached hydrogens (tertiary/aromatic N) is 1. The first kappa shape index (κ1) is 20.9. The van der Waals surface area contributed by atoms with Crippen LogP contribution in [0.15, 0.2) is 48.5 Å². The van der Waals surface area contributed by atoms with Gasteiger partial charge in [0.05, 0.1) is 4.88 Å².